The lowest BCUT2D eigenvalue weighted by molar-refractivity contribution is -0.384. The summed E-state index contributed by atoms with van der Waals surface area (Å²) in [6, 6.07) is 7.60. The Bertz CT molecular complexity index is 739. The Morgan fingerprint density at radius 2 is 2.05 bits per heavy atom. The average Bonchev–Trinajstić information content (AvgIpc) is 2.43. The van der Waals surface area contributed by atoms with Crippen LogP contribution in [-0.4, -0.2) is 10.8 Å². The lowest BCUT2D eigenvalue weighted by Crippen LogP contribution is -2.14. The highest BCUT2D eigenvalue weighted by atomic mass is 79.9. The largest absolute Gasteiger partial charge is 0.316 e. The maximum Gasteiger partial charge on any atom is 0.295 e. The molecule has 0 aliphatic rings. The quantitative estimate of drug-likeness (QED) is 0.640. The smallest absolute Gasteiger partial charge is 0.295 e. The van der Waals surface area contributed by atoms with Crippen LogP contribution in [0.25, 0.3) is 0 Å². The molecule has 108 valence electrons. The van der Waals surface area contributed by atoms with Gasteiger partial charge in [-0.3, -0.25) is 14.9 Å². The van der Waals surface area contributed by atoms with Gasteiger partial charge in [0.2, 0.25) is 0 Å². The third-order valence-electron chi connectivity index (χ3n) is 2.60. The molecule has 0 aromatic heterocycles. The summed E-state index contributed by atoms with van der Waals surface area (Å²) < 4.78 is 13.6. The highest BCUT2D eigenvalue weighted by molar-refractivity contribution is 9.10. The summed E-state index contributed by atoms with van der Waals surface area (Å²) in [5, 5.41) is 13.4. The molecule has 0 aliphatic carbocycles. The molecule has 0 bridgehead atoms. The van der Waals surface area contributed by atoms with E-state index in [0.29, 0.717) is 4.47 Å². The number of anilines is 1. The minimum atomic E-state index is -0.777. The van der Waals surface area contributed by atoms with Crippen molar-refractivity contribution in [1.29, 1.82) is 0 Å². The zero-order valence-electron chi connectivity index (χ0n) is 10.3. The van der Waals surface area contributed by atoms with Crippen LogP contribution in [0, 0.1) is 15.9 Å². The lowest BCUT2D eigenvalue weighted by atomic mass is 10.2. The number of carbonyl (C=O) groups excluding carboxylic acids is 1. The zero-order chi connectivity index (χ0) is 15.6. The summed E-state index contributed by atoms with van der Waals surface area (Å²) >= 11 is 9.16. The number of benzene rings is 2. The van der Waals surface area contributed by atoms with E-state index >= 15 is 0 Å². The van der Waals surface area contributed by atoms with Crippen molar-refractivity contribution < 1.29 is 14.1 Å². The summed E-state index contributed by atoms with van der Waals surface area (Å²) in [6.07, 6.45) is 0. The molecule has 1 N–H and O–H groups in total. The highest BCUT2D eigenvalue weighted by Gasteiger charge is 2.19. The van der Waals surface area contributed by atoms with Crippen LogP contribution >= 0.6 is 27.5 Å². The van der Waals surface area contributed by atoms with Gasteiger partial charge >= 0.3 is 0 Å². The molecule has 0 heterocycles. The van der Waals surface area contributed by atoms with Gasteiger partial charge in [-0.25, -0.2) is 4.39 Å². The van der Waals surface area contributed by atoms with Gasteiger partial charge in [0.15, 0.2) is 0 Å². The van der Waals surface area contributed by atoms with Gasteiger partial charge in [0.25, 0.3) is 11.6 Å². The minimum Gasteiger partial charge on any atom is -0.316 e. The van der Waals surface area contributed by atoms with E-state index in [9.17, 15) is 19.3 Å². The van der Waals surface area contributed by atoms with Crippen LogP contribution in [0.2, 0.25) is 5.02 Å². The van der Waals surface area contributed by atoms with E-state index in [-0.39, 0.29) is 16.3 Å². The number of hydrogen-bond acceptors (Lipinski definition) is 3. The second kappa shape index (κ2) is 6.19. The summed E-state index contributed by atoms with van der Waals surface area (Å²) in [4.78, 5) is 22.2. The third-order valence-corrected chi connectivity index (χ3v) is 3.90. The van der Waals surface area contributed by atoms with Crippen molar-refractivity contribution in [3.8, 4) is 0 Å². The Morgan fingerprint density at radius 1 is 1.33 bits per heavy atom. The van der Waals surface area contributed by atoms with Crippen LogP contribution in [0.3, 0.4) is 0 Å². The maximum atomic E-state index is 13.0. The molecule has 0 saturated heterocycles. The average molecular weight is 374 g/mol. The molecule has 0 fully saturated rings. The number of halogens is 3. The Morgan fingerprint density at radius 3 is 2.71 bits per heavy atom. The Hall–Kier alpha value is -1.99. The van der Waals surface area contributed by atoms with Gasteiger partial charge in [-0.2, -0.15) is 0 Å². The van der Waals surface area contributed by atoms with Crippen LogP contribution < -0.4 is 5.32 Å². The van der Waals surface area contributed by atoms with Crippen molar-refractivity contribution in [2.45, 2.75) is 0 Å². The summed E-state index contributed by atoms with van der Waals surface area (Å²) in [6.45, 7) is 0. The Balaban J connectivity index is 2.36. The van der Waals surface area contributed by atoms with E-state index in [2.05, 4.69) is 21.2 Å². The number of rotatable bonds is 3. The van der Waals surface area contributed by atoms with Crippen LogP contribution in [-0.2, 0) is 0 Å². The van der Waals surface area contributed by atoms with Crippen LogP contribution in [0.4, 0.5) is 15.8 Å². The van der Waals surface area contributed by atoms with Gasteiger partial charge in [-0.05, 0) is 40.2 Å². The molecule has 1 amide bonds. The minimum absolute atomic E-state index is 0.109. The molecule has 0 aliphatic heterocycles. The molecule has 0 unspecified atom stereocenters. The van der Waals surface area contributed by atoms with Crippen molar-refractivity contribution in [1.82, 2.24) is 0 Å². The SMILES string of the molecule is O=C(Nc1ccc(F)cc1[N+](=O)[O-])c1cccc(Br)c1Cl. The first-order valence-electron chi connectivity index (χ1n) is 5.59. The number of nitro benzene ring substituents is 1. The number of nitrogens with one attached hydrogen (secondary N) is 1. The van der Waals surface area contributed by atoms with E-state index in [1.165, 1.54) is 6.07 Å². The normalized spacial score (nSPS) is 10.2. The fourth-order valence-corrected chi connectivity index (χ4v) is 2.21. The molecule has 0 radical (unpaired) electrons. The van der Waals surface area contributed by atoms with Crippen LogP contribution in [0.1, 0.15) is 10.4 Å². The Kier molecular flexibility index (Phi) is 4.54. The monoisotopic (exact) mass is 372 g/mol. The Labute approximate surface area is 132 Å². The van der Waals surface area contributed by atoms with E-state index < -0.39 is 22.3 Å². The summed E-state index contributed by atoms with van der Waals surface area (Å²) in [5.41, 5.74) is -0.499. The van der Waals surface area contributed by atoms with Crippen molar-refractivity contribution in [2.75, 3.05) is 5.32 Å². The highest BCUT2D eigenvalue weighted by Crippen LogP contribution is 2.29. The molecule has 2 aromatic rings. The topological polar surface area (TPSA) is 72.2 Å². The van der Waals surface area contributed by atoms with E-state index in [0.717, 1.165) is 18.2 Å². The van der Waals surface area contributed by atoms with Crippen molar-refractivity contribution in [3.63, 3.8) is 0 Å². The molecule has 8 heteroatoms. The van der Waals surface area contributed by atoms with Crippen molar-refractivity contribution >= 4 is 44.8 Å². The predicted octanol–water partition coefficient (Wildman–Crippen LogP) is 4.40. The van der Waals surface area contributed by atoms with Gasteiger partial charge in [-0.1, -0.05) is 17.7 Å². The predicted molar refractivity (Wildman–Crippen MR) is 80.2 cm³/mol. The fraction of sp³-hybridized carbons (Fsp3) is 0. The number of nitrogens with zero attached hydrogens (tertiary/aromatic N) is 1. The second-order valence-electron chi connectivity index (χ2n) is 3.97. The number of hydrogen-bond donors (Lipinski definition) is 1. The molecule has 0 saturated carbocycles. The van der Waals surface area contributed by atoms with Crippen LogP contribution in [0.15, 0.2) is 40.9 Å². The summed E-state index contributed by atoms with van der Waals surface area (Å²) in [5.74, 6) is -1.39. The molecule has 0 atom stereocenters. The van der Waals surface area contributed by atoms with Gasteiger partial charge in [-0.15, -0.1) is 0 Å². The maximum absolute atomic E-state index is 13.0. The first-order valence-corrected chi connectivity index (χ1v) is 6.76. The van der Waals surface area contributed by atoms with E-state index in [4.69, 9.17) is 11.6 Å². The van der Waals surface area contributed by atoms with E-state index in [1.54, 1.807) is 12.1 Å². The first-order chi connectivity index (χ1) is 9.90. The summed E-state index contributed by atoms with van der Waals surface area (Å²) in [7, 11) is 0. The zero-order valence-corrected chi connectivity index (χ0v) is 12.6. The van der Waals surface area contributed by atoms with E-state index in [1.807, 2.05) is 0 Å². The fourth-order valence-electron chi connectivity index (χ4n) is 1.63. The number of carbonyl (C=O) groups is 1. The van der Waals surface area contributed by atoms with Gasteiger partial charge < -0.3 is 5.32 Å². The molecular formula is C13H7BrClFN2O3. The third kappa shape index (κ3) is 3.37. The van der Waals surface area contributed by atoms with Crippen LogP contribution in [0.5, 0.6) is 0 Å². The van der Waals surface area contributed by atoms with Gasteiger partial charge in [0.05, 0.1) is 21.6 Å². The number of nitro groups is 1. The molecule has 21 heavy (non-hydrogen) atoms. The van der Waals surface area contributed by atoms with Crippen molar-refractivity contribution in [3.05, 3.63) is 67.4 Å². The lowest BCUT2D eigenvalue weighted by Gasteiger charge is -2.08. The second-order valence-corrected chi connectivity index (χ2v) is 5.21. The standard InChI is InChI=1S/C13H7BrClFN2O3/c14-9-3-1-2-8(12(9)15)13(19)17-10-5-4-7(16)6-11(10)18(20)21/h1-6H,(H,17,19). The molecule has 5 nitrogen and oxygen atoms in total. The first kappa shape index (κ1) is 15.4. The molecule has 0 spiro atoms. The molecule has 2 aromatic carbocycles. The molecule has 2 rings (SSSR count). The van der Waals surface area contributed by atoms with Gasteiger partial charge in [0, 0.05) is 4.47 Å². The van der Waals surface area contributed by atoms with Gasteiger partial charge in [0.1, 0.15) is 11.5 Å². The number of amides is 1. The molecular weight excluding hydrogens is 367 g/mol. The van der Waals surface area contributed by atoms with Crippen molar-refractivity contribution in [2.24, 2.45) is 0 Å².